The first kappa shape index (κ1) is 9.46. The van der Waals surface area contributed by atoms with Gasteiger partial charge in [0.05, 0.1) is 5.60 Å². The van der Waals surface area contributed by atoms with Gasteiger partial charge in [0.25, 0.3) is 0 Å². The summed E-state index contributed by atoms with van der Waals surface area (Å²) in [5.74, 6) is 0.936. The number of carbonyl (C=O) groups is 1. The Bertz CT molecular complexity index is 298. The van der Waals surface area contributed by atoms with E-state index in [1.165, 1.54) is 0 Å². The van der Waals surface area contributed by atoms with Gasteiger partial charge in [-0.3, -0.25) is 0 Å². The molecule has 4 fully saturated rings. The van der Waals surface area contributed by atoms with Crippen molar-refractivity contribution in [1.29, 1.82) is 0 Å². The number of aliphatic hydroxyl groups is 1. The zero-order chi connectivity index (χ0) is 10.7. The van der Waals surface area contributed by atoms with Gasteiger partial charge in [-0.2, -0.15) is 0 Å². The first-order valence-electron chi connectivity index (χ1n) is 5.63. The zero-order valence-electron chi connectivity index (χ0n) is 8.61. The Morgan fingerprint density at radius 2 is 1.80 bits per heavy atom. The molecule has 15 heavy (non-hydrogen) atoms. The summed E-state index contributed by atoms with van der Waals surface area (Å²) in [5, 5.41) is 19.1. The summed E-state index contributed by atoms with van der Waals surface area (Å²) in [5.41, 5.74) is -1.20. The van der Waals surface area contributed by atoms with E-state index in [-0.39, 0.29) is 0 Å². The smallest absolute Gasteiger partial charge is 0.450 e. The molecule has 4 aliphatic carbocycles. The summed E-state index contributed by atoms with van der Waals surface area (Å²) in [6.07, 6.45) is 3.78. The molecule has 2 unspecified atom stereocenters. The fraction of sp³-hybridized carbons (Fsp3) is 0.909. The second-order valence-electron chi connectivity index (χ2n) is 5.74. The monoisotopic (exact) mass is 212 g/mol. The van der Waals surface area contributed by atoms with E-state index in [1.807, 2.05) is 0 Å². The molecule has 0 spiro atoms. The molecule has 0 amide bonds. The Labute approximate surface area is 88.2 Å². The lowest BCUT2D eigenvalue weighted by molar-refractivity contribution is -0.203. The van der Waals surface area contributed by atoms with Crippen LogP contribution in [-0.2, 0) is 4.74 Å². The number of rotatable bonds is 1. The van der Waals surface area contributed by atoms with E-state index in [2.05, 4.69) is 0 Å². The highest BCUT2D eigenvalue weighted by Crippen LogP contribution is 2.58. The molecule has 0 aromatic rings. The number of ether oxygens (including phenoxy) is 1. The first-order chi connectivity index (χ1) is 6.99. The van der Waals surface area contributed by atoms with E-state index in [9.17, 15) is 9.90 Å². The second kappa shape index (κ2) is 2.67. The zero-order valence-corrected chi connectivity index (χ0v) is 8.61. The number of carboxylic acid groups (broad SMARTS) is 1. The normalized spacial score (nSPS) is 51.8. The Morgan fingerprint density at radius 1 is 1.20 bits per heavy atom. The summed E-state index contributed by atoms with van der Waals surface area (Å²) < 4.78 is 5.07. The maximum Gasteiger partial charge on any atom is 0.506 e. The van der Waals surface area contributed by atoms with Crippen molar-refractivity contribution in [1.82, 2.24) is 0 Å². The predicted octanol–water partition coefficient (Wildman–Crippen LogP) is 1.76. The molecule has 4 nitrogen and oxygen atoms in total. The van der Waals surface area contributed by atoms with Gasteiger partial charge < -0.3 is 14.9 Å². The van der Waals surface area contributed by atoms with Gasteiger partial charge in [0, 0.05) is 6.42 Å². The van der Waals surface area contributed by atoms with Crippen LogP contribution < -0.4 is 0 Å². The molecule has 0 saturated heterocycles. The molecule has 84 valence electrons. The molecule has 0 aliphatic heterocycles. The minimum absolute atomic E-state index is 0.468. The van der Waals surface area contributed by atoms with Crippen molar-refractivity contribution in [2.75, 3.05) is 0 Å². The molecule has 4 aliphatic rings. The maximum absolute atomic E-state index is 10.7. The van der Waals surface area contributed by atoms with Gasteiger partial charge in [-0.05, 0) is 43.9 Å². The molecule has 0 radical (unpaired) electrons. The minimum Gasteiger partial charge on any atom is -0.450 e. The first-order valence-corrected chi connectivity index (χ1v) is 5.63. The fourth-order valence-electron chi connectivity index (χ4n) is 4.44. The molecule has 2 N–H and O–H groups in total. The predicted molar refractivity (Wildman–Crippen MR) is 51.5 cm³/mol. The third kappa shape index (κ3) is 1.42. The van der Waals surface area contributed by atoms with Crippen LogP contribution in [0.2, 0.25) is 0 Å². The van der Waals surface area contributed by atoms with Crippen LogP contribution in [0.15, 0.2) is 0 Å². The van der Waals surface area contributed by atoms with Crippen molar-refractivity contribution in [2.45, 2.75) is 49.7 Å². The van der Waals surface area contributed by atoms with Crippen molar-refractivity contribution in [3.05, 3.63) is 0 Å². The van der Waals surface area contributed by atoms with Crippen LogP contribution in [0.3, 0.4) is 0 Å². The number of hydrogen-bond acceptors (Lipinski definition) is 3. The SMILES string of the molecule is O=C(O)OC12CC3CC(CC(O)(C3)C1)C2. The standard InChI is InChI=1S/C11H16O4/c12-9(13)15-11-4-7-1-8(5-11)3-10(14,2-7)6-11/h7-8,14H,1-6H2,(H,12,13). The summed E-state index contributed by atoms with van der Waals surface area (Å²) in [6.45, 7) is 0. The van der Waals surface area contributed by atoms with Crippen LogP contribution in [0, 0.1) is 11.8 Å². The van der Waals surface area contributed by atoms with Gasteiger partial charge in [-0.15, -0.1) is 0 Å². The van der Waals surface area contributed by atoms with Crippen LogP contribution in [0.25, 0.3) is 0 Å². The average Bonchev–Trinajstić information content (AvgIpc) is 1.94. The van der Waals surface area contributed by atoms with E-state index in [1.54, 1.807) is 0 Å². The molecule has 0 aromatic heterocycles. The van der Waals surface area contributed by atoms with Gasteiger partial charge in [-0.25, -0.2) is 4.79 Å². The van der Waals surface area contributed by atoms with Crippen molar-refractivity contribution >= 4 is 6.16 Å². The highest BCUT2D eigenvalue weighted by atomic mass is 16.7. The molecule has 0 heterocycles. The molecule has 2 atom stereocenters. The minimum atomic E-state index is -1.19. The van der Waals surface area contributed by atoms with E-state index in [4.69, 9.17) is 9.84 Å². The molecule has 4 rings (SSSR count). The maximum atomic E-state index is 10.7. The van der Waals surface area contributed by atoms with E-state index in [0.29, 0.717) is 18.3 Å². The van der Waals surface area contributed by atoms with E-state index >= 15 is 0 Å². The average molecular weight is 212 g/mol. The summed E-state index contributed by atoms with van der Waals surface area (Å²) in [7, 11) is 0. The van der Waals surface area contributed by atoms with E-state index < -0.39 is 17.4 Å². The number of hydrogen-bond donors (Lipinski definition) is 2. The van der Waals surface area contributed by atoms with Gasteiger partial charge in [-0.1, -0.05) is 0 Å². The van der Waals surface area contributed by atoms with Crippen LogP contribution in [0.5, 0.6) is 0 Å². The van der Waals surface area contributed by atoms with Crippen LogP contribution >= 0.6 is 0 Å². The third-order valence-electron chi connectivity index (χ3n) is 4.28. The highest BCUT2D eigenvalue weighted by Gasteiger charge is 2.59. The largest absolute Gasteiger partial charge is 0.506 e. The van der Waals surface area contributed by atoms with Gasteiger partial charge in [0.15, 0.2) is 0 Å². The van der Waals surface area contributed by atoms with E-state index in [0.717, 1.165) is 32.1 Å². The van der Waals surface area contributed by atoms with Gasteiger partial charge >= 0.3 is 6.16 Å². The third-order valence-corrected chi connectivity index (χ3v) is 4.28. The van der Waals surface area contributed by atoms with Crippen molar-refractivity contribution in [3.63, 3.8) is 0 Å². The van der Waals surface area contributed by atoms with Gasteiger partial charge in [0.1, 0.15) is 5.60 Å². The van der Waals surface area contributed by atoms with Crippen LogP contribution in [-0.4, -0.2) is 27.6 Å². The molecule has 4 bridgehead atoms. The molecular weight excluding hydrogens is 196 g/mol. The fourth-order valence-corrected chi connectivity index (χ4v) is 4.44. The summed E-state index contributed by atoms with van der Waals surface area (Å²) in [4.78, 5) is 10.7. The quantitative estimate of drug-likeness (QED) is 0.650. The van der Waals surface area contributed by atoms with Crippen molar-refractivity contribution in [2.24, 2.45) is 11.8 Å². The van der Waals surface area contributed by atoms with Crippen molar-refractivity contribution in [3.8, 4) is 0 Å². The molecule has 0 aromatic carbocycles. The van der Waals surface area contributed by atoms with Crippen LogP contribution in [0.4, 0.5) is 4.79 Å². The van der Waals surface area contributed by atoms with Crippen LogP contribution in [0.1, 0.15) is 38.5 Å². The summed E-state index contributed by atoms with van der Waals surface area (Å²) in [6, 6.07) is 0. The molecular formula is C11H16O4. The lowest BCUT2D eigenvalue weighted by Gasteiger charge is -2.58. The Balaban J connectivity index is 1.89. The molecule has 4 saturated carbocycles. The summed E-state index contributed by atoms with van der Waals surface area (Å²) >= 11 is 0. The topological polar surface area (TPSA) is 66.8 Å². The highest BCUT2D eigenvalue weighted by molar-refractivity contribution is 5.57. The van der Waals surface area contributed by atoms with Gasteiger partial charge in [0.2, 0.25) is 0 Å². The lowest BCUT2D eigenvalue weighted by atomic mass is 9.52. The Morgan fingerprint density at radius 3 is 2.27 bits per heavy atom. The second-order valence-corrected chi connectivity index (χ2v) is 5.74. The Hall–Kier alpha value is -0.770. The lowest BCUT2D eigenvalue weighted by Crippen LogP contribution is -2.60. The van der Waals surface area contributed by atoms with Crippen molar-refractivity contribution < 1.29 is 19.7 Å². The Kier molecular flexibility index (Phi) is 1.68. The molecule has 4 heteroatoms.